The van der Waals surface area contributed by atoms with E-state index in [-0.39, 0.29) is 0 Å². The van der Waals surface area contributed by atoms with E-state index in [1.807, 2.05) is 60.7 Å². The number of hydrogen-bond donors (Lipinski definition) is 0. The van der Waals surface area contributed by atoms with Crippen LogP contribution in [0.2, 0.25) is 0 Å². The number of benzene rings is 3. The Hall–Kier alpha value is -3.59. The van der Waals surface area contributed by atoms with Crippen LogP contribution >= 0.6 is 0 Å². The van der Waals surface area contributed by atoms with E-state index in [2.05, 4.69) is 53.7 Å². The molecule has 0 aliphatic carbocycles. The third-order valence-corrected chi connectivity index (χ3v) is 4.91. The fraction of sp³-hybridized carbons (Fsp3) is 0.115. The van der Waals surface area contributed by atoms with Gasteiger partial charge in [-0.05, 0) is 53.1 Å². The highest BCUT2D eigenvalue weighted by atomic mass is 16.7. The van der Waals surface area contributed by atoms with Crippen molar-refractivity contribution in [3.8, 4) is 5.75 Å². The molecule has 1 aliphatic heterocycles. The minimum atomic E-state index is -0.624. The van der Waals surface area contributed by atoms with Crippen LogP contribution in [0.15, 0.2) is 102 Å². The van der Waals surface area contributed by atoms with Gasteiger partial charge in [0.05, 0.1) is 12.8 Å². The van der Waals surface area contributed by atoms with Crippen LogP contribution in [0, 0.1) is 0 Å². The highest BCUT2D eigenvalue weighted by Gasteiger charge is 2.34. The van der Waals surface area contributed by atoms with Crippen molar-refractivity contribution in [3.05, 3.63) is 114 Å². The van der Waals surface area contributed by atoms with Crippen LogP contribution < -0.4 is 4.74 Å². The molecule has 0 saturated carbocycles. The van der Waals surface area contributed by atoms with Crippen LogP contribution in [-0.2, 0) is 4.84 Å². The second kappa shape index (κ2) is 8.61. The van der Waals surface area contributed by atoms with Gasteiger partial charge in [-0.2, -0.15) is 0 Å². The average Bonchev–Trinajstić information content (AvgIpc) is 3.23. The number of rotatable bonds is 6. The quantitative estimate of drug-likeness (QED) is 0.525. The third kappa shape index (κ3) is 4.64. The van der Waals surface area contributed by atoms with Crippen LogP contribution in [0.25, 0.3) is 12.2 Å². The molecule has 0 aromatic heterocycles. The molecule has 0 unspecified atom stereocenters. The summed E-state index contributed by atoms with van der Waals surface area (Å²) >= 11 is 0. The van der Waals surface area contributed by atoms with Gasteiger partial charge in [0.2, 0.25) is 0 Å². The molecule has 0 bridgehead atoms. The normalized spacial score (nSPS) is 15.4. The van der Waals surface area contributed by atoms with Crippen LogP contribution in [0.3, 0.4) is 0 Å². The molecule has 3 nitrogen and oxygen atoms in total. The highest BCUT2D eigenvalue weighted by molar-refractivity contribution is 6.02. The van der Waals surface area contributed by atoms with Crippen molar-refractivity contribution in [1.29, 1.82) is 0 Å². The molecule has 0 radical (unpaired) electrons. The summed E-state index contributed by atoms with van der Waals surface area (Å²) in [6, 6.07) is 28.3. The Kier molecular flexibility index (Phi) is 5.57. The molecule has 1 heterocycles. The topological polar surface area (TPSA) is 30.8 Å². The molecule has 29 heavy (non-hydrogen) atoms. The Morgan fingerprint density at radius 1 is 0.793 bits per heavy atom. The van der Waals surface area contributed by atoms with E-state index < -0.39 is 5.60 Å². The second-order valence-electron chi connectivity index (χ2n) is 6.98. The summed E-state index contributed by atoms with van der Waals surface area (Å²) in [7, 11) is 1.67. The van der Waals surface area contributed by atoms with E-state index >= 15 is 0 Å². The fourth-order valence-corrected chi connectivity index (χ4v) is 3.24. The van der Waals surface area contributed by atoms with E-state index in [9.17, 15) is 0 Å². The smallest absolute Gasteiger partial charge is 0.180 e. The van der Waals surface area contributed by atoms with Crippen LogP contribution in [0.4, 0.5) is 0 Å². The minimum Gasteiger partial charge on any atom is -0.497 e. The molecule has 0 N–H and O–H groups in total. The van der Waals surface area contributed by atoms with Crippen molar-refractivity contribution in [2.75, 3.05) is 7.11 Å². The summed E-state index contributed by atoms with van der Waals surface area (Å²) in [6.07, 6.45) is 9.00. The van der Waals surface area contributed by atoms with Crippen molar-refractivity contribution < 1.29 is 9.57 Å². The standard InChI is InChI=1S/C26H23NO2/c1-28-24-14-12-23(13-15-24)25-20-26(29-27-25,18-16-21-8-4-2-5-9-21)19-17-22-10-6-3-7-11-22/h2-19H,20H2,1H3/b18-16+,19-17+. The lowest BCUT2D eigenvalue weighted by molar-refractivity contribution is 0.0607. The lowest BCUT2D eigenvalue weighted by Crippen LogP contribution is -2.23. The number of nitrogens with zero attached hydrogens (tertiary/aromatic N) is 1. The fourth-order valence-electron chi connectivity index (χ4n) is 3.24. The van der Waals surface area contributed by atoms with E-state index in [0.717, 1.165) is 28.2 Å². The first-order valence-corrected chi connectivity index (χ1v) is 9.64. The zero-order valence-electron chi connectivity index (χ0n) is 16.4. The van der Waals surface area contributed by atoms with E-state index in [1.165, 1.54) is 0 Å². The number of hydrogen-bond acceptors (Lipinski definition) is 3. The largest absolute Gasteiger partial charge is 0.497 e. The van der Waals surface area contributed by atoms with Gasteiger partial charge in [-0.15, -0.1) is 0 Å². The summed E-state index contributed by atoms with van der Waals surface area (Å²) < 4.78 is 5.25. The van der Waals surface area contributed by atoms with Crippen molar-refractivity contribution >= 4 is 17.9 Å². The zero-order chi connectivity index (χ0) is 19.9. The van der Waals surface area contributed by atoms with Crippen molar-refractivity contribution in [2.45, 2.75) is 12.0 Å². The van der Waals surface area contributed by atoms with Crippen molar-refractivity contribution in [1.82, 2.24) is 0 Å². The molecule has 3 heteroatoms. The van der Waals surface area contributed by atoms with Crippen LogP contribution in [-0.4, -0.2) is 18.4 Å². The Morgan fingerprint density at radius 3 is 1.86 bits per heavy atom. The van der Waals surface area contributed by atoms with Gasteiger partial charge in [0.15, 0.2) is 5.60 Å². The molecule has 3 aromatic rings. The SMILES string of the molecule is COc1ccc(C2=NOC(/C=C/c3ccccc3)(/C=C/c3ccccc3)C2)cc1. The monoisotopic (exact) mass is 381 g/mol. The molecular weight excluding hydrogens is 358 g/mol. The van der Waals surface area contributed by atoms with Crippen LogP contribution in [0.1, 0.15) is 23.1 Å². The predicted molar refractivity (Wildman–Crippen MR) is 119 cm³/mol. The van der Waals surface area contributed by atoms with E-state index in [0.29, 0.717) is 6.42 Å². The molecule has 0 atom stereocenters. The lowest BCUT2D eigenvalue weighted by atomic mass is 9.92. The maximum Gasteiger partial charge on any atom is 0.180 e. The Balaban J connectivity index is 1.61. The predicted octanol–water partition coefficient (Wildman–Crippen LogP) is 5.99. The third-order valence-electron chi connectivity index (χ3n) is 4.91. The van der Waals surface area contributed by atoms with Gasteiger partial charge in [0.1, 0.15) is 5.75 Å². The Bertz CT molecular complexity index is 970. The molecular formula is C26H23NO2. The lowest BCUT2D eigenvalue weighted by Gasteiger charge is -2.18. The first-order chi connectivity index (χ1) is 14.3. The molecule has 0 amide bonds. The number of oxime groups is 1. The summed E-state index contributed by atoms with van der Waals surface area (Å²) in [4.78, 5) is 5.99. The molecule has 0 fully saturated rings. The molecule has 0 saturated heterocycles. The average molecular weight is 381 g/mol. The van der Waals surface area contributed by atoms with Gasteiger partial charge < -0.3 is 9.57 Å². The Morgan fingerprint density at radius 2 is 1.34 bits per heavy atom. The maximum absolute atomic E-state index is 5.99. The molecule has 4 rings (SSSR count). The van der Waals surface area contributed by atoms with Gasteiger partial charge in [0.25, 0.3) is 0 Å². The van der Waals surface area contributed by atoms with Gasteiger partial charge in [-0.25, -0.2) is 0 Å². The molecule has 144 valence electrons. The molecule has 1 aliphatic rings. The van der Waals surface area contributed by atoms with Crippen molar-refractivity contribution in [2.24, 2.45) is 5.16 Å². The molecule has 0 spiro atoms. The van der Waals surface area contributed by atoms with E-state index in [4.69, 9.17) is 9.57 Å². The highest BCUT2D eigenvalue weighted by Crippen LogP contribution is 2.32. The molecule has 3 aromatic carbocycles. The van der Waals surface area contributed by atoms with Crippen LogP contribution in [0.5, 0.6) is 5.75 Å². The van der Waals surface area contributed by atoms with Gasteiger partial charge in [0, 0.05) is 6.42 Å². The van der Waals surface area contributed by atoms with Gasteiger partial charge >= 0.3 is 0 Å². The zero-order valence-corrected chi connectivity index (χ0v) is 16.4. The summed E-state index contributed by atoms with van der Waals surface area (Å²) in [5.74, 6) is 0.826. The number of ether oxygens (including phenoxy) is 1. The maximum atomic E-state index is 5.99. The summed E-state index contributed by atoms with van der Waals surface area (Å²) in [6.45, 7) is 0. The van der Waals surface area contributed by atoms with Crippen molar-refractivity contribution in [3.63, 3.8) is 0 Å². The number of methoxy groups -OCH3 is 1. The van der Waals surface area contributed by atoms with Gasteiger partial charge in [-0.3, -0.25) is 0 Å². The summed E-state index contributed by atoms with van der Waals surface area (Å²) in [5.41, 5.74) is 3.58. The second-order valence-corrected chi connectivity index (χ2v) is 6.98. The van der Waals surface area contributed by atoms with Gasteiger partial charge in [-0.1, -0.05) is 78.0 Å². The Labute approximate surface area is 171 Å². The van der Waals surface area contributed by atoms with E-state index in [1.54, 1.807) is 7.11 Å². The first kappa shape index (κ1) is 18.8. The summed E-state index contributed by atoms with van der Waals surface area (Å²) in [5, 5.41) is 4.41. The minimum absolute atomic E-state index is 0.624. The first-order valence-electron chi connectivity index (χ1n) is 9.64.